The first-order valence-corrected chi connectivity index (χ1v) is 6.78. The van der Waals surface area contributed by atoms with Crippen LogP contribution in [0.5, 0.6) is 0 Å². The summed E-state index contributed by atoms with van der Waals surface area (Å²) in [6.45, 7) is 1.78. The van der Waals surface area contributed by atoms with Gasteiger partial charge in [0, 0.05) is 25.2 Å². The van der Waals surface area contributed by atoms with Gasteiger partial charge in [0.25, 0.3) is 0 Å². The van der Waals surface area contributed by atoms with Crippen LogP contribution in [0.3, 0.4) is 0 Å². The third-order valence-corrected chi connectivity index (χ3v) is 3.96. The summed E-state index contributed by atoms with van der Waals surface area (Å²) in [5.41, 5.74) is 0.955. The molecule has 3 heterocycles. The minimum absolute atomic E-state index is 0.347. The Labute approximate surface area is 111 Å². The molecule has 1 aromatic heterocycles. The SMILES string of the molecule is ClCc1cnc(N2CC3CCC(C2)O3)c(Cl)c1. The predicted molar refractivity (Wildman–Crippen MR) is 68.9 cm³/mol. The second kappa shape index (κ2) is 4.63. The lowest BCUT2D eigenvalue weighted by Gasteiger charge is -2.33. The lowest BCUT2D eigenvalue weighted by molar-refractivity contribution is 0.0302. The van der Waals surface area contributed by atoms with Gasteiger partial charge in [0.05, 0.1) is 17.2 Å². The first-order valence-electron chi connectivity index (χ1n) is 5.87. The van der Waals surface area contributed by atoms with E-state index < -0.39 is 0 Å². The van der Waals surface area contributed by atoms with Gasteiger partial charge in [0.15, 0.2) is 0 Å². The van der Waals surface area contributed by atoms with E-state index >= 15 is 0 Å². The number of rotatable bonds is 2. The zero-order valence-corrected chi connectivity index (χ0v) is 10.9. The van der Waals surface area contributed by atoms with Crippen LogP contribution in [0.25, 0.3) is 0 Å². The lowest BCUT2D eigenvalue weighted by atomic mass is 10.2. The van der Waals surface area contributed by atoms with Gasteiger partial charge >= 0.3 is 0 Å². The highest BCUT2D eigenvalue weighted by molar-refractivity contribution is 6.33. The molecule has 3 nitrogen and oxygen atoms in total. The van der Waals surface area contributed by atoms with Crippen LogP contribution in [0.15, 0.2) is 12.3 Å². The lowest BCUT2D eigenvalue weighted by Crippen LogP contribution is -2.43. The zero-order chi connectivity index (χ0) is 11.8. The van der Waals surface area contributed by atoms with Crippen LogP contribution in [-0.2, 0) is 10.6 Å². The minimum Gasteiger partial charge on any atom is -0.371 e. The van der Waals surface area contributed by atoms with Crippen LogP contribution in [0.4, 0.5) is 5.82 Å². The molecule has 5 heteroatoms. The van der Waals surface area contributed by atoms with Crippen molar-refractivity contribution in [2.75, 3.05) is 18.0 Å². The van der Waals surface area contributed by atoms with E-state index in [1.165, 1.54) is 0 Å². The van der Waals surface area contributed by atoms with Crippen molar-refractivity contribution in [3.63, 3.8) is 0 Å². The maximum absolute atomic E-state index is 6.25. The molecule has 0 aromatic carbocycles. The fraction of sp³-hybridized carbons (Fsp3) is 0.583. The number of ether oxygens (including phenoxy) is 1. The Morgan fingerprint density at radius 2 is 2.06 bits per heavy atom. The summed E-state index contributed by atoms with van der Waals surface area (Å²) < 4.78 is 5.80. The van der Waals surface area contributed by atoms with E-state index in [1.807, 2.05) is 6.07 Å². The van der Waals surface area contributed by atoms with Crippen LogP contribution in [-0.4, -0.2) is 30.3 Å². The minimum atomic E-state index is 0.347. The summed E-state index contributed by atoms with van der Waals surface area (Å²) in [5, 5.41) is 0.685. The molecule has 0 amide bonds. The van der Waals surface area contributed by atoms with Gasteiger partial charge < -0.3 is 9.64 Å². The van der Waals surface area contributed by atoms with Gasteiger partial charge in [-0.25, -0.2) is 4.98 Å². The summed E-state index contributed by atoms with van der Waals surface area (Å²) in [5.74, 6) is 1.31. The Balaban J connectivity index is 1.84. The van der Waals surface area contributed by atoms with Crippen LogP contribution in [0.2, 0.25) is 5.02 Å². The Hall–Kier alpha value is -0.510. The number of nitrogens with zero attached hydrogens (tertiary/aromatic N) is 2. The molecule has 2 fully saturated rings. The van der Waals surface area contributed by atoms with E-state index in [4.69, 9.17) is 27.9 Å². The molecule has 2 bridgehead atoms. The molecule has 0 aliphatic carbocycles. The second-order valence-corrected chi connectivity index (χ2v) is 5.32. The molecule has 2 atom stereocenters. The average Bonchev–Trinajstić information content (AvgIpc) is 2.68. The molecule has 0 radical (unpaired) electrons. The van der Waals surface area contributed by atoms with Crippen molar-refractivity contribution in [2.24, 2.45) is 0 Å². The molecule has 2 unspecified atom stereocenters. The number of anilines is 1. The fourth-order valence-electron chi connectivity index (χ4n) is 2.56. The van der Waals surface area contributed by atoms with Crippen molar-refractivity contribution in [3.8, 4) is 0 Å². The summed E-state index contributed by atoms with van der Waals surface area (Å²) >= 11 is 12.0. The molecule has 2 aliphatic rings. The van der Waals surface area contributed by atoms with Gasteiger partial charge in [-0.2, -0.15) is 0 Å². The van der Waals surface area contributed by atoms with Crippen molar-refractivity contribution in [2.45, 2.75) is 30.9 Å². The molecule has 92 valence electrons. The first-order chi connectivity index (χ1) is 8.26. The number of halogens is 2. The number of hydrogen-bond donors (Lipinski definition) is 0. The van der Waals surface area contributed by atoms with Crippen molar-refractivity contribution < 1.29 is 4.74 Å². The molecule has 0 spiro atoms. The van der Waals surface area contributed by atoms with E-state index in [1.54, 1.807) is 6.20 Å². The molecule has 1 aromatic rings. The predicted octanol–water partition coefficient (Wildman–Crippen LogP) is 2.84. The Kier molecular flexibility index (Phi) is 3.16. The Morgan fingerprint density at radius 3 is 2.65 bits per heavy atom. The van der Waals surface area contributed by atoms with Gasteiger partial charge in [-0.1, -0.05) is 11.6 Å². The normalized spacial score (nSPS) is 27.5. The maximum atomic E-state index is 6.25. The van der Waals surface area contributed by atoms with Crippen molar-refractivity contribution >= 4 is 29.0 Å². The molecular weight excluding hydrogens is 259 g/mol. The second-order valence-electron chi connectivity index (χ2n) is 4.65. The number of pyridine rings is 1. The van der Waals surface area contributed by atoms with E-state index in [0.29, 0.717) is 23.1 Å². The fourth-order valence-corrected chi connectivity index (χ4v) is 3.02. The summed E-state index contributed by atoms with van der Waals surface area (Å²) in [7, 11) is 0. The molecular formula is C12H14Cl2N2O. The van der Waals surface area contributed by atoms with E-state index in [2.05, 4.69) is 9.88 Å². The van der Waals surface area contributed by atoms with Gasteiger partial charge in [-0.05, 0) is 24.5 Å². The van der Waals surface area contributed by atoms with Crippen molar-refractivity contribution in [1.82, 2.24) is 4.98 Å². The number of alkyl halides is 1. The number of aromatic nitrogens is 1. The molecule has 17 heavy (non-hydrogen) atoms. The van der Waals surface area contributed by atoms with E-state index in [-0.39, 0.29) is 0 Å². The van der Waals surface area contributed by atoms with Gasteiger partial charge in [0.1, 0.15) is 5.82 Å². The van der Waals surface area contributed by atoms with Gasteiger partial charge in [0.2, 0.25) is 0 Å². The van der Waals surface area contributed by atoms with Crippen molar-refractivity contribution in [1.29, 1.82) is 0 Å². The monoisotopic (exact) mass is 272 g/mol. The average molecular weight is 273 g/mol. The third-order valence-electron chi connectivity index (χ3n) is 3.38. The van der Waals surface area contributed by atoms with Gasteiger partial charge in [-0.3, -0.25) is 0 Å². The molecule has 2 saturated heterocycles. The standard InChI is InChI=1S/C12H14Cl2N2O/c13-4-8-3-11(14)12(15-5-8)16-6-9-1-2-10(7-16)17-9/h3,5,9-10H,1-2,4,6-7H2. The highest BCUT2D eigenvalue weighted by atomic mass is 35.5. The number of morpholine rings is 1. The summed E-state index contributed by atoms with van der Waals surface area (Å²) in [6, 6.07) is 1.90. The molecule has 2 aliphatic heterocycles. The zero-order valence-electron chi connectivity index (χ0n) is 9.40. The quantitative estimate of drug-likeness (QED) is 0.775. The summed E-state index contributed by atoms with van der Waals surface area (Å²) in [6.07, 6.45) is 4.79. The highest BCUT2D eigenvalue weighted by Gasteiger charge is 2.34. The number of fused-ring (bicyclic) bond motifs is 2. The molecule has 0 N–H and O–H groups in total. The van der Waals surface area contributed by atoms with E-state index in [0.717, 1.165) is 37.3 Å². The van der Waals surface area contributed by atoms with Crippen LogP contribution >= 0.6 is 23.2 Å². The van der Waals surface area contributed by atoms with Crippen molar-refractivity contribution in [3.05, 3.63) is 22.8 Å². The van der Waals surface area contributed by atoms with E-state index in [9.17, 15) is 0 Å². The number of hydrogen-bond acceptors (Lipinski definition) is 3. The topological polar surface area (TPSA) is 25.4 Å². The Morgan fingerprint density at radius 1 is 1.35 bits per heavy atom. The molecule has 3 rings (SSSR count). The first kappa shape index (κ1) is 11.6. The van der Waals surface area contributed by atoms with Crippen LogP contribution in [0.1, 0.15) is 18.4 Å². The largest absolute Gasteiger partial charge is 0.371 e. The molecule has 0 saturated carbocycles. The maximum Gasteiger partial charge on any atom is 0.147 e. The smallest absolute Gasteiger partial charge is 0.147 e. The third kappa shape index (κ3) is 2.24. The summed E-state index contributed by atoms with van der Waals surface area (Å²) in [4.78, 5) is 6.65. The van der Waals surface area contributed by atoms with Gasteiger partial charge in [-0.15, -0.1) is 11.6 Å². The van der Waals surface area contributed by atoms with Crippen LogP contribution < -0.4 is 4.90 Å². The highest BCUT2D eigenvalue weighted by Crippen LogP contribution is 2.32. The van der Waals surface area contributed by atoms with Crippen LogP contribution in [0, 0.1) is 0 Å². The Bertz CT molecular complexity index is 415.